The number of hydrogen-bond acceptors (Lipinski definition) is 20. The molecule has 4 aliphatic rings. The maximum absolute atomic E-state index is 11.0. The molecule has 0 saturated carbocycles. The minimum atomic E-state index is -1.97. The summed E-state index contributed by atoms with van der Waals surface area (Å²) in [6.45, 7) is -1.07. The van der Waals surface area contributed by atoms with Crippen molar-refractivity contribution >= 4 is 0 Å². The van der Waals surface area contributed by atoms with Crippen molar-refractivity contribution in [3.8, 4) is 0 Å². The van der Waals surface area contributed by atoms with E-state index in [0.717, 1.165) is 0 Å². The zero-order valence-corrected chi connectivity index (χ0v) is 23.3. The van der Waals surface area contributed by atoms with Gasteiger partial charge < -0.3 is 99.5 Å². The number of aliphatic hydroxyl groups excluding tert-OH is 13. The molecule has 4 aliphatic heterocycles. The van der Waals surface area contributed by atoms with Gasteiger partial charge in [0.1, 0.15) is 91.6 Å². The van der Waals surface area contributed by atoms with Gasteiger partial charge in [0.05, 0.1) is 25.9 Å². The van der Waals surface area contributed by atoms with Gasteiger partial charge in [-0.3, -0.25) is 0 Å². The van der Waals surface area contributed by atoms with Gasteiger partial charge in [-0.05, 0) is 6.92 Å². The lowest BCUT2D eigenvalue weighted by atomic mass is 9.96. The van der Waals surface area contributed by atoms with Crippen LogP contribution >= 0.6 is 0 Å². The van der Waals surface area contributed by atoms with E-state index in [-0.39, 0.29) is 0 Å². The molecule has 0 radical (unpaired) electrons. The van der Waals surface area contributed by atoms with Crippen molar-refractivity contribution in [2.75, 3.05) is 19.8 Å². The summed E-state index contributed by atoms with van der Waals surface area (Å²) in [5.41, 5.74) is 0. The highest BCUT2D eigenvalue weighted by atomic mass is 16.8. The lowest BCUT2D eigenvalue weighted by Gasteiger charge is -2.48. The van der Waals surface area contributed by atoms with Crippen LogP contribution in [0.5, 0.6) is 0 Å². The predicted molar refractivity (Wildman–Crippen MR) is 132 cm³/mol. The topological polar surface area (TPSA) is 328 Å². The molecule has 258 valence electrons. The van der Waals surface area contributed by atoms with Gasteiger partial charge >= 0.3 is 0 Å². The van der Waals surface area contributed by atoms with E-state index >= 15 is 0 Å². The standard InChI is InChI=1S/C24H42O20/c1-5-9(28)19(42-21-15(34)13(32)10(29)6(2-25)39-21)17(36)23(38-5)43-20-12(31)8(4-27)41-24(18(20)37)44-22-16(35)14(33)11(30)7(3-26)40-22/h5-37H,2-4H2,1H3/t5-,6+,7+,8+,9-,10+,11+,12+,13-,14-,15+,16+,17+,18+,19+,20-,21-,22+,23-,24+/m0/s1. The summed E-state index contributed by atoms with van der Waals surface area (Å²) in [7, 11) is 0. The van der Waals surface area contributed by atoms with Gasteiger partial charge in [-0.15, -0.1) is 0 Å². The molecular formula is C24H42O20. The van der Waals surface area contributed by atoms with E-state index in [4.69, 9.17) is 33.2 Å². The molecular weight excluding hydrogens is 608 g/mol. The molecule has 0 spiro atoms. The molecule has 20 heteroatoms. The normalized spacial score (nSPS) is 53.9. The van der Waals surface area contributed by atoms with E-state index in [9.17, 15) is 66.4 Å². The Labute approximate surface area is 249 Å². The van der Waals surface area contributed by atoms with E-state index in [2.05, 4.69) is 0 Å². The zero-order valence-electron chi connectivity index (χ0n) is 23.3. The molecule has 0 aromatic heterocycles. The van der Waals surface area contributed by atoms with Crippen LogP contribution < -0.4 is 0 Å². The first kappa shape index (κ1) is 36.0. The summed E-state index contributed by atoms with van der Waals surface area (Å²) >= 11 is 0. The van der Waals surface area contributed by atoms with Crippen LogP contribution in [0.2, 0.25) is 0 Å². The molecule has 0 aromatic carbocycles. The SMILES string of the molecule is C[C@@H]1O[C@@H](O[C@@H]2[C@@H](O)[C@@H](O[C@H]3O[C@H](CO)[C@@H](O)[C@H](O)[C@H]3O)O[C@H](CO)[C@H]2O)[C@H](O)[C@H](O[C@@H]2O[C@H](CO)[C@@H](O)[C@H](O)[C@H]2O)[C@H]1O. The Morgan fingerprint density at radius 2 is 0.727 bits per heavy atom. The van der Waals surface area contributed by atoms with Crippen LogP contribution in [0.1, 0.15) is 6.92 Å². The zero-order chi connectivity index (χ0) is 32.6. The fourth-order valence-electron chi connectivity index (χ4n) is 5.40. The fourth-order valence-corrected chi connectivity index (χ4v) is 5.40. The molecule has 0 aliphatic carbocycles. The largest absolute Gasteiger partial charge is 0.394 e. The second-order valence-electron chi connectivity index (χ2n) is 11.1. The Bertz CT molecular complexity index is 898. The number of hydrogen-bond donors (Lipinski definition) is 13. The molecule has 20 nitrogen and oxygen atoms in total. The van der Waals surface area contributed by atoms with E-state index in [1.807, 2.05) is 0 Å². The Kier molecular flexibility index (Phi) is 12.3. The van der Waals surface area contributed by atoms with E-state index in [1.165, 1.54) is 6.92 Å². The minimum absolute atomic E-state index is 0.774. The van der Waals surface area contributed by atoms with Crippen LogP contribution in [0.15, 0.2) is 0 Å². The molecule has 0 bridgehead atoms. The van der Waals surface area contributed by atoms with Gasteiger partial charge in [0, 0.05) is 0 Å². The Hall–Kier alpha value is -0.800. The first-order valence-electron chi connectivity index (χ1n) is 14.0. The molecule has 4 rings (SSSR count). The highest BCUT2D eigenvalue weighted by Gasteiger charge is 2.54. The van der Waals surface area contributed by atoms with E-state index in [0.29, 0.717) is 0 Å². The quantitative estimate of drug-likeness (QED) is 0.110. The Morgan fingerprint density at radius 3 is 1.16 bits per heavy atom. The van der Waals surface area contributed by atoms with E-state index in [1.54, 1.807) is 0 Å². The Morgan fingerprint density at radius 1 is 0.386 bits per heavy atom. The average molecular weight is 651 g/mol. The fraction of sp³-hybridized carbons (Fsp3) is 1.00. The monoisotopic (exact) mass is 650 g/mol. The van der Waals surface area contributed by atoms with Crippen LogP contribution in [0, 0.1) is 0 Å². The molecule has 4 fully saturated rings. The smallest absolute Gasteiger partial charge is 0.189 e. The van der Waals surface area contributed by atoms with Gasteiger partial charge in [-0.25, -0.2) is 0 Å². The number of rotatable bonds is 9. The van der Waals surface area contributed by atoms with Gasteiger partial charge in [0.2, 0.25) is 0 Å². The highest BCUT2D eigenvalue weighted by Crippen LogP contribution is 2.34. The molecule has 0 amide bonds. The van der Waals surface area contributed by atoms with Gasteiger partial charge in [-0.1, -0.05) is 0 Å². The second-order valence-corrected chi connectivity index (χ2v) is 11.1. The van der Waals surface area contributed by atoms with Crippen molar-refractivity contribution in [1.82, 2.24) is 0 Å². The van der Waals surface area contributed by atoms with Gasteiger partial charge in [0.25, 0.3) is 0 Å². The molecule has 4 saturated heterocycles. The van der Waals surface area contributed by atoms with E-state index < -0.39 is 143 Å². The van der Waals surface area contributed by atoms with Crippen LogP contribution in [0.4, 0.5) is 0 Å². The summed E-state index contributed by atoms with van der Waals surface area (Å²) in [6, 6.07) is 0. The summed E-state index contributed by atoms with van der Waals surface area (Å²) in [5.74, 6) is 0. The average Bonchev–Trinajstić information content (AvgIpc) is 3.01. The third-order valence-corrected chi connectivity index (χ3v) is 8.15. The summed E-state index contributed by atoms with van der Waals surface area (Å²) in [6.07, 6.45) is -34.2. The predicted octanol–water partition coefficient (Wildman–Crippen LogP) is -8.72. The van der Waals surface area contributed by atoms with Crippen LogP contribution in [-0.4, -0.2) is 209 Å². The second kappa shape index (κ2) is 15.0. The molecule has 0 aromatic rings. The summed E-state index contributed by atoms with van der Waals surface area (Å²) in [5, 5.41) is 133. The Balaban J connectivity index is 1.49. The highest BCUT2D eigenvalue weighted by molar-refractivity contribution is 4.96. The molecule has 44 heavy (non-hydrogen) atoms. The summed E-state index contributed by atoms with van der Waals surface area (Å²) in [4.78, 5) is 0. The van der Waals surface area contributed by atoms with Crippen molar-refractivity contribution in [3.63, 3.8) is 0 Å². The van der Waals surface area contributed by atoms with Crippen molar-refractivity contribution in [2.24, 2.45) is 0 Å². The summed E-state index contributed by atoms with van der Waals surface area (Å²) < 4.78 is 38.1. The van der Waals surface area contributed by atoms with Crippen molar-refractivity contribution < 1.29 is 99.5 Å². The molecule has 4 heterocycles. The van der Waals surface area contributed by atoms with Gasteiger partial charge in [-0.2, -0.15) is 0 Å². The third-order valence-electron chi connectivity index (χ3n) is 8.15. The molecule has 13 N–H and O–H groups in total. The third kappa shape index (κ3) is 7.05. The first-order valence-corrected chi connectivity index (χ1v) is 14.0. The van der Waals surface area contributed by atoms with Crippen molar-refractivity contribution in [1.29, 1.82) is 0 Å². The van der Waals surface area contributed by atoms with Crippen LogP contribution in [0.3, 0.4) is 0 Å². The number of ether oxygens (including phenoxy) is 7. The van der Waals surface area contributed by atoms with Crippen molar-refractivity contribution in [2.45, 2.75) is 130 Å². The molecule has 20 atom stereocenters. The molecule has 0 unspecified atom stereocenters. The lowest BCUT2D eigenvalue weighted by Crippen LogP contribution is -2.67. The van der Waals surface area contributed by atoms with Gasteiger partial charge in [0.15, 0.2) is 25.2 Å². The lowest BCUT2D eigenvalue weighted by molar-refractivity contribution is -0.397. The van der Waals surface area contributed by atoms with Crippen molar-refractivity contribution in [3.05, 3.63) is 0 Å². The first-order chi connectivity index (χ1) is 20.7. The maximum Gasteiger partial charge on any atom is 0.189 e. The minimum Gasteiger partial charge on any atom is -0.394 e. The maximum atomic E-state index is 11.0. The number of aliphatic hydroxyl groups is 13. The van der Waals surface area contributed by atoms with Crippen LogP contribution in [0.25, 0.3) is 0 Å². The van der Waals surface area contributed by atoms with Crippen LogP contribution in [-0.2, 0) is 33.2 Å².